The molecule has 22 heavy (non-hydrogen) atoms. The second kappa shape index (κ2) is 6.34. The van der Waals surface area contributed by atoms with Gasteiger partial charge in [-0.15, -0.1) is 0 Å². The Morgan fingerprint density at radius 2 is 1.91 bits per heavy atom. The third-order valence-electron chi connectivity index (χ3n) is 4.06. The molecular formula is C18H23NO3. The first-order valence-electron chi connectivity index (χ1n) is 7.46. The van der Waals surface area contributed by atoms with Crippen LogP contribution in [-0.4, -0.2) is 23.7 Å². The quantitative estimate of drug-likeness (QED) is 0.678. The molecule has 1 N–H and O–H groups in total. The Hall–Kier alpha value is -2.10. The smallest absolute Gasteiger partial charge is 0.170 e. The molecule has 1 aliphatic carbocycles. The summed E-state index contributed by atoms with van der Waals surface area (Å²) >= 11 is 0. The maximum atomic E-state index is 12.7. The van der Waals surface area contributed by atoms with Gasteiger partial charge in [-0.2, -0.15) is 0 Å². The van der Waals surface area contributed by atoms with Gasteiger partial charge in [0.2, 0.25) is 0 Å². The fraction of sp³-hybridized carbons (Fsp3) is 0.444. The summed E-state index contributed by atoms with van der Waals surface area (Å²) in [7, 11) is 1.49. The SMILES string of the molecule is CO/N=C(\C)CC1CC(O)=C(c2c(C)cc(C)cc2C)C1=O. The summed E-state index contributed by atoms with van der Waals surface area (Å²) in [5.41, 5.74) is 5.31. The first-order valence-corrected chi connectivity index (χ1v) is 7.46. The van der Waals surface area contributed by atoms with Crippen molar-refractivity contribution in [1.29, 1.82) is 0 Å². The normalized spacial score (nSPS) is 19.0. The molecule has 0 aromatic heterocycles. The van der Waals surface area contributed by atoms with Crippen molar-refractivity contribution < 1.29 is 14.7 Å². The summed E-state index contributed by atoms with van der Waals surface area (Å²) in [5.74, 6) is -0.0671. The topological polar surface area (TPSA) is 58.9 Å². The van der Waals surface area contributed by atoms with E-state index < -0.39 is 0 Å². The lowest BCUT2D eigenvalue weighted by Gasteiger charge is -2.13. The number of rotatable bonds is 4. The largest absolute Gasteiger partial charge is 0.512 e. The highest BCUT2D eigenvalue weighted by molar-refractivity contribution is 6.25. The first-order chi connectivity index (χ1) is 10.3. The predicted molar refractivity (Wildman–Crippen MR) is 88.1 cm³/mol. The second-order valence-corrected chi connectivity index (χ2v) is 6.07. The summed E-state index contributed by atoms with van der Waals surface area (Å²) in [6.45, 7) is 7.82. The average molecular weight is 301 g/mol. The number of oxime groups is 1. The standard InChI is InChI=1S/C18H23NO3/c1-10-6-11(2)16(12(3)7-10)17-15(20)9-14(18(17)21)8-13(4)19-22-5/h6-7,14,20H,8-9H2,1-5H3/b19-13+. The molecule has 0 amide bonds. The molecule has 0 spiro atoms. The van der Waals surface area contributed by atoms with Gasteiger partial charge in [0, 0.05) is 12.3 Å². The number of nitrogens with zero attached hydrogens (tertiary/aromatic N) is 1. The lowest BCUT2D eigenvalue weighted by molar-refractivity contribution is -0.116. The van der Waals surface area contributed by atoms with E-state index in [1.807, 2.05) is 39.8 Å². The van der Waals surface area contributed by atoms with Crippen LogP contribution in [0.4, 0.5) is 0 Å². The van der Waals surface area contributed by atoms with Crippen molar-refractivity contribution >= 4 is 17.1 Å². The monoisotopic (exact) mass is 301 g/mol. The molecule has 1 atom stereocenters. The zero-order chi connectivity index (χ0) is 16.4. The van der Waals surface area contributed by atoms with Crippen LogP contribution in [0.25, 0.3) is 5.57 Å². The molecule has 0 radical (unpaired) electrons. The Labute approximate surface area is 131 Å². The van der Waals surface area contributed by atoms with Gasteiger partial charge in [0.25, 0.3) is 0 Å². The van der Waals surface area contributed by atoms with Crippen LogP contribution in [0.15, 0.2) is 23.0 Å². The van der Waals surface area contributed by atoms with Gasteiger partial charge in [0.05, 0.1) is 11.3 Å². The van der Waals surface area contributed by atoms with Gasteiger partial charge in [-0.3, -0.25) is 4.79 Å². The molecule has 0 fully saturated rings. The minimum Gasteiger partial charge on any atom is -0.512 e. The third-order valence-corrected chi connectivity index (χ3v) is 4.06. The number of aliphatic hydroxyl groups excluding tert-OH is 1. The van der Waals surface area contributed by atoms with Gasteiger partial charge >= 0.3 is 0 Å². The second-order valence-electron chi connectivity index (χ2n) is 6.07. The van der Waals surface area contributed by atoms with E-state index in [2.05, 4.69) is 5.16 Å². The van der Waals surface area contributed by atoms with Crippen molar-refractivity contribution in [2.45, 2.75) is 40.5 Å². The number of carbonyl (C=O) groups is 1. The number of aryl methyl sites for hydroxylation is 3. The minimum absolute atomic E-state index is 0.00166. The van der Waals surface area contributed by atoms with E-state index in [1.165, 1.54) is 7.11 Å². The number of aliphatic hydroxyl groups is 1. The number of benzene rings is 1. The Balaban J connectivity index is 2.36. The molecule has 4 heteroatoms. The van der Waals surface area contributed by atoms with Crippen molar-refractivity contribution in [2.24, 2.45) is 11.1 Å². The minimum atomic E-state index is -0.256. The van der Waals surface area contributed by atoms with Crippen LogP contribution >= 0.6 is 0 Å². The number of hydrogen-bond acceptors (Lipinski definition) is 4. The Bertz CT molecular complexity index is 648. The van der Waals surface area contributed by atoms with Gasteiger partial charge in [-0.25, -0.2) is 0 Å². The van der Waals surface area contributed by atoms with Gasteiger partial charge in [0.15, 0.2) is 5.78 Å². The fourth-order valence-corrected chi connectivity index (χ4v) is 3.33. The lowest BCUT2D eigenvalue weighted by Crippen LogP contribution is -2.14. The number of allylic oxidation sites excluding steroid dienone is 2. The molecule has 2 rings (SSSR count). The molecule has 0 heterocycles. The molecular weight excluding hydrogens is 278 g/mol. The third kappa shape index (κ3) is 3.06. The van der Waals surface area contributed by atoms with Crippen molar-refractivity contribution in [2.75, 3.05) is 7.11 Å². The predicted octanol–water partition coefficient (Wildman–Crippen LogP) is 3.88. The highest BCUT2D eigenvalue weighted by Crippen LogP contribution is 2.38. The van der Waals surface area contributed by atoms with E-state index >= 15 is 0 Å². The van der Waals surface area contributed by atoms with Crippen LogP contribution in [0.3, 0.4) is 0 Å². The van der Waals surface area contributed by atoms with E-state index in [0.717, 1.165) is 28.0 Å². The van der Waals surface area contributed by atoms with Crippen molar-refractivity contribution in [3.05, 3.63) is 40.1 Å². The van der Waals surface area contributed by atoms with Gasteiger partial charge in [0.1, 0.15) is 12.9 Å². The number of Topliss-reactive ketones (excluding diaryl/α,β-unsaturated/α-hetero) is 1. The van der Waals surface area contributed by atoms with E-state index in [9.17, 15) is 9.90 Å². The molecule has 1 unspecified atom stereocenters. The number of ketones is 1. The highest BCUT2D eigenvalue weighted by atomic mass is 16.6. The summed E-state index contributed by atoms with van der Waals surface area (Å²) < 4.78 is 0. The molecule has 0 aliphatic heterocycles. The summed E-state index contributed by atoms with van der Waals surface area (Å²) in [6.07, 6.45) is 0.877. The average Bonchev–Trinajstić information content (AvgIpc) is 2.65. The molecule has 1 aliphatic rings. The molecule has 0 saturated carbocycles. The van der Waals surface area contributed by atoms with Crippen molar-refractivity contribution in [3.63, 3.8) is 0 Å². The maximum absolute atomic E-state index is 12.7. The number of hydrogen-bond donors (Lipinski definition) is 1. The summed E-state index contributed by atoms with van der Waals surface area (Å²) in [4.78, 5) is 17.5. The van der Waals surface area contributed by atoms with Crippen LogP contribution in [0.2, 0.25) is 0 Å². The van der Waals surface area contributed by atoms with Crippen LogP contribution in [0, 0.1) is 26.7 Å². The maximum Gasteiger partial charge on any atom is 0.170 e. The molecule has 0 bridgehead atoms. The van der Waals surface area contributed by atoms with Crippen molar-refractivity contribution in [1.82, 2.24) is 0 Å². The molecule has 0 saturated heterocycles. The number of carbonyl (C=O) groups excluding carboxylic acids is 1. The van der Waals surface area contributed by atoms with E-state index in [1.54, 1.807) is 0 Å². The molecule has 4 nitrogen and oxygen atoms in total. The van der Waals surface area contributed by atoms with E-state index in [-0.39, 0.29) is 17.5 Å². The Kier molecular flexibility index (Phi) is 4.69. The van der Waals surface area contributed by atoms with Crippen LogP contribution < -0.4 is 0 Å². The van der Waals surface area contributed by atoms with E-state index in [4.69, 9.17) is 4.84 Å². The van der Waals surface area contributed by atoms with Crippen LogP contribution in [0.1, 0.15) is 42.0 Å². The van der Waals surface area contributed by atoms with Crippen LogP contribution in [0.5, 0.6) is 0 Å². The van der Waals surface area contributed by atoms with Crippen molar-refractivity contribution in [3.8, 4) is 0 Å². The zero-order valence-electron chi connectivity index (χ0n) is 13.9. The Morgan fingerprint density at radius 1 is 1.32 bits per heavy atom. The lowest BCUT2D eigenvalue weighted by atomic mass is 9.90. The summed E-state index contributed by atoms with van der Waals surface area (Å²) in [6, 6.07) is 4.09. The summed E-state index contributed by atoms with van der Waals surface area (Å²) in [5, 5.41) is 14.2. The van der Waals surface area contributed by atoms with Crippen LogP contribution in [-0.2, 0) is 9.63 Å². The van der Waals surface area contributed by atoms with Gasteiger partial charge in [-0.05, 0) is 50.8 Å². The molecule has 1 aromatic rings. The van der Waals surface area contributed by atoms with Gasteiger partial charge < -0.3 is 9.94 Å². The molecule has 118 valence electrons. The molecule has 1 aromatic carbocycles. The van der Waals surface area contributed by atoms with E-state index in [0.29, 0.717) is 18.4 Å². The van der Waals surface area contributed by atoms with Gasteiger partial charge in [-0.1, -0.05) is 22.9 Å². The first kappa shape index (κ1) is 16.3. The fourth-order valence-electron chi connectivity index (χ4n) is 3.33. The highest BCUT2D eigenvalue weighted by Gasteiger charge is 2.35. The zero-order valence-corrected chi connectivity index (χ0v) is 13.9. The Morgan fingerprint density at radius 3 is 2.45 bits per heavy atom.